The number of aromatic nitrogens is 5. The molecule has 142 valence electrons. The van der Waals surface area contributed by atoms with E-state index in [1.807, 2.05) is 30.3 Å². The number of methoxy groups -OCH3 is 1. The normalized spacial score (nSPS) is 11.1. The number of ether oxygens (including phenoxy) is 1. The molecule has 0 saturated carbocycles. The third-order valence-corrected chi connectivity index (χ3v) is 4.64. The lowest BCUT2D eigenvalue weighted by atomic mass is 10.1. The molecular weight excluding hydrogens is 368 g/mol. The molecule has 0 radical (unpaired) electrons. The van der Waals surface area contributed by atoms with E-state index in [0.717, 1.165) is 21.9 Å². The Kier molecular flexibility index (Phi) is 3.94. The van der Waals surface area contributed by atoms with Gasteiger partial charge in [0.2, 0.25) is 5.88 Å². The van der Waals surface area contributed by atoms with Gasteiger partial charge in [0.25, 0.3) is 5.91 Å². The average molecular weight is 384 g/mol. The third kappa shape index (κ3) is 3.06. The number of benzene rings is 2. The quantitative estimate of drug-likeness (QED) is 0.437. The summed E-state index contributed by atoms with van der Waals surface area (Å²) in [6.07, 6.45) is 1.55. The van der Waals surface area contributed by atoms with E-state index in [1.165, 1.54) is 0 Å². The highest BCUT2D eigenvalue weighted by atomic mass is 16.5. The lowest BCUT2D eigenvalue weighted by Crippen LogP contribution is -2.11. The molecule has 3 aromatic heterocycles. The number of hydrogen-bond donors (Lipinski definition) is 3. The van der Waals surface area contributed by atoms with E-state index in [4.69, 9.17) is 4.74 Å². The number of carbonyl (C=O) groups is 1. The highest BCUT2D eigenvalue weighted by Gasteiger charge is 2.15. The maximum atomic E-state index is 12.6. The molecule has 0 aliphatic rings. The maximum absolute atomic E-state index is 12.6. The molecule has 0 unspecified atom stereocenters. The van der Waals surface area contributed by atoms with Crippen LogP contribution < -0.4 is 10.1 Å². The first-order chi connectivity index (χ1) is 14.2. The number of anilines is 1. The summed E-state index contributed by atoms with van der Waals surface area (Å²) >= 11 is 0. The van der Waals surface area contributed by atoms with E-state index >= 15 is 0 Å². The van der Waals surface area contributed by atoms with Crippen molar-refractivity contribution in [1.29, 1.82) is 0 Å². The van der Waals surface area contributed by atoms with Crippen LogP contribution in [-0.2, 0) is 0 Å². The summed E-state index contributed by atoms with van der Waals surface area (Å²) in [5, 5.41) is 11.1. The highest BCUT2D eigenvalue weighted by molar-refractivity contribution is 6.07. The van der Waals surface area contributed by atoms with Gasteiger partial charge in [-0.05, 0) is 36.4 Å². The van der Waals surface area contributed by atoms with E-state index in [0.29, 0.717) is 28.6 Å². The van der Waals surface area contributed by atoms with Crippen LogP contribution in [0.1, 0.15) is 10.4 Å². The standard InChI is InChI=1S/C21H16N6O2/c1-29-18-9-7-13(11-22-18)23-21(28)12-6-8-14-17(10-12)26-27-19(14)20-24-15-4-2-3-5-16(15)25-20/h2-11H,1H3,(H,23,28)(H,24,25)(H,26,27). The molecule has 1 amide bonds. The minimum atomic E-state index is -0.237. The Bertz CT molecular complexity index is 1300. The van der Waals surface area contributed by atoms with E-state index in [-0.39, 0.29) is 5.91 Å². The zero-order valence-electron chi connectivity index (χ0n) is 15.4. The van der Waals surface area contributed by atoms with Crippen molar-refractivity contribution in [2.45, 2.75) is 0 Å². The van der Waals surface area contributed by atoms with Gasteiger partial charge in [0, 0.05) is 17.0 Å². The number of para-hydroxylation sites is 2. The van der Waals surface area contributed by atoms with Crippen molar-refractivity contribution in [3.05, 3.63) is 66.4 Å². The number of pyridine rings is 1. The summed E-state index contributed by atoms with van der Waals surface area (Å²) < 4.78 is 5.02. The van der Waals surface area contributed by atoms with Gasteiger partial charge in [-0.3, -0.25) is 9.89 Å². The summed E-state index contributed by atoms with van der Waals surface area (Å²) in [6, 6.07) is 16.6. The number of imidazole rings is 1. The van der Waals surface area contributed by atoms with Gasteiger partial charge in [-0.1, -0.05) is 12.1 Å². The number of rotatable bonds is 4. The minimum absolute atomic E-state index is 0.237. The number of nitrogens with zero attached hydrogens (tertiary/aromatic N) is 3. The number of hydrogen-bond acceptors (Lipinski definition) is 5. The first-order valence-electron chi connectivity index (χ1n) is 8.96. The van der Waals surface area contributed by atoms with Crippen LogP contribution in [0.15, 0.2) is 60.8 Å². The van der Waals surface area contributed by atoms with E-state index in [2.05, 4.69) is 30.5 Å². The van der Waals surface area contributed by atoms with Crippen molar-refractivity contribution >= 4 is 33.5 Å². The molecule has 2 aromatic carbocycles. The molecule has 3 N–H and O–H groups in total. The fraction of sp³-hybridized carbons (Fsp3) is 0.0476. The smallest absolute Gasteiger partial charge is 0.255 e. The number of fused-ring (bicyclic) bond motifs is 2. The fourth-order valence-corrected chi connectivity index (χ4v) is 3.18. The summed E-state index contributed by atoms with van der Waals surface area (Å²) in [5.41, 5.74) is 4.38. The largest absolute Gasteiger partial charge is 0.481 e. The lowest BCUT2D eigenvalue weighted by Gasteiger charge is -2.06. The molecule has 0 bridgehead atoms. The average Bonchev–Trinajstić information content (AvgIpc) is 3.37. The van der Waals surface area contributed by atoms with Crippen LogP contribution in [0, 0.1) is 0 Å². The molecule has 29 heavy (non-hydrogen) atoms. The second-order valence-electron chi connectivity index (χ2n) is 6.48. The van der Waals surface area contributed by atoms with E-state index in [9.17, 15) is 4.79 Å². The molecule has 0 spiro atoms. The first kappa shape index (κ1) is 16.9. The van der Waals surface area contributed by atoms with Gasteiger partial charge >= 0.3 is 0 Å². The third-order valence-electron chi connectivity index (χ3n) is 4.64. The van der Waals surface area contributed by atoms with Crippen LogP contribution >= 0.6 is 0 Å². The van der Waals surface area contributed by atoms with Gasteiger partial charge in [0.05, 0.1) is 35.5 Å². The molecule has 0 saturated heterocycles. The zero-order chi connectivity index (χ0) is 19.8. The summed E-state index contributed by atoms with van der Waals surface area (Å²) in [5.74, 6) is 0.928. The number of H-pyrrole nitrogens is 2. The van der Waals surface area contributed by atoms with Crippen LogP contribution in [0.3, 0.4) is 0 Å². The lowest BCUT2D eigenvalue weighted by molar-refractivity contribution is 0.102. The van der Waals surface area contributed by atoms with E-state index < -0.39 is 0 Å². The maximum Gasteiger partial charge on any atom is 0.255 e. The Morgan fingerprint density at radius 2 is 1.97 bits per heavy atom. The van der Waals surface area contributed by atoms with Gasteiger partial charge in [0.15, 0.2) is 5.82 Å². The van der Waals surface area contributed by atoms with Crippen molar-refractivity contribution in [2.75, 3.05) is 12.4 Å². The molecule has 8 nitrogen and oxygen atoms in total. The molecule has 0 aliphatic carbocycles. The van der Waals surface area contributed by atoms with Gasteiger partial charge < -0.3 is 15.0 Å². The van der Waals surface area contributed by atoms with Crippen LogP contribution in [0.4, 0.5) is 5.69 Å². The molecule has 0 aliphatic heterocycles. The number of amides is 1. The predicted molar refractivity (Wildman–Crippen MR) is 110 cm³/mol. The number of aromatic amines is 2. The topological polar surface area (TPSA) is 109 Å². The van der Waals surface area contributed by atoms with Gasteiger partial charge in [-0.25, -0.2) is 9.97 Å². The Balaban J connectivity index is 1.44. The summed E-state index contributed by atoms with van der Waals surface area (Å²) in [7, 11) is 1.54. The summed E-state index contributed by atoms with van der Waals surface area (Å²) in [4.78, 5) is 24.5. The molecule has 5 aromatic rings. The highest BCUT2D eigenvalue weighted by Crippen LogP contribution is 2.27. The monoisotopic (exact) mass is 384 g/mol. The molecule has 5 rings (SSSR count). The molecule has 3 heterocycles. The Morgan fingerprint density at radius 3 is 2.76 bits per heavy atom. The van der Waals surface area contributed by atoms with Crippen LogP contribution in [0.25, 0.3) is 33.5 Å². The van der Waals surface area contributed by atoms with Crippen molar-refractivity contribution in [3.8, 4) is 17.4 Å². The molecule has 0 atom stereocenters. The molecular formula is C21H16N6O2. The SMILES string of the molecule is COc1ccc(NC(=O)c2ccc3c(-c4nc5ccccc5[nH]4)n[nH]c3c2)cn1. The van der Waals surface area contributed by atoms with Gasteiger partial charge in [-0.2, -0.15) is 5.10 Å². The van der Waals surface area contributed by atoms with Gasteiger partial charge in [-0.15, -0.1) is 0 Å². The Morgan fingerprint density at radius 1 is 1.07 bits per heavy atom. The van der Waals surface area contributed by atoms with Crippen LogP contribution in [-0.4, -0.2) is 38.2 Å². The minimum Gasteiger partial charge on any atom is -0.481 e. The zero-order valence-corrected chi connectivity index (χ0v) is 15.4. The predicted octanol–water partition coefficient (Wildman–Crippen LogP) is 3.76. The van der Waals surface area contributed by atoms with Crippen LogP contribution in [0.2, 0.25) is 0 Å². The van der Waals surface area contributed by atoms with Crippen LogP contribution in [0.5, 0.6) is 5.88 Å². The second-order valence-corrected chi connectivity index (χ2v) is 6.48. The van der Waals surface area contributed by atoms with Crippen molar-refractivity contribution < 1.29 is 9.53 Å². The number of nitrogens with one attached hydrogen (secondary N) is 3. The molecule has 0 fully saturated rings. The fourth-order valence-electron chi connectivity index (χ4n) is 3.18. The second kappa shape index (κ2) is 6.75. The number of carbonyl (C=O) groups excluding carboxylic acids is 1. The molecule has 8 heteroatoms. The van der Waals surface area contributed by atoms with Crippen molar-refractivity contribution in [3.63, 3.8) is 0 Å². The van der Waals surface area contributed by atoms with Gasteiger partial charge in [0.1, 0.15) is 5.69 Å². The first-order valence-corrected chi connectivity index (χ1v) is 8.96. The Labute approximate surface area is 165 Å². The van der Waals surface area contributed by atoms with Crippen molar-refractivity contribution in [2.24, 2.45) is 0 Å². The summed E-state index contributed by atoms with van der Waals surface area (Å²) in [6.45, 7) is 0. The van der Waals surface area contributed by atoms with Crippen molar-refractivity contribution in [1.82, 2.24) is 25.1 Å². The van der Waals surface area contributed by atoms with E-state index in [1.54, 1.807) is 37.6 Å². The Hall–Kier alpha value is -4.20.